The summed E-state index contributed by atoms with van der Waals surface area (Å²) < 4.78 is 15.8. The molecule has 1 aromatic heterocycles. The standard InChI is InChI=1S/C20H25NO5S/c1-7-16-12(4)27-19(17(16)20(23)26-11(2)3)21-18(22)13-8-14(24-5)10-15(9-13)25-6/h8-11H,7H2,1-6H3,(H,21,22). The van der Waals surface area contributed by atoms with Crippen LogP contribution >= 0.6 is 11.3 Å². The first kappa shape index (κ1) is 20.8. The second kappa shape index (κ2) is 8.90. The number of benzene rings is 1. The molecule has 27 heavy (non-hydrogen) atoms. The Labute approximate surface area is 163 Å². The van der Waals surface area contributed by atoms with Crippen molar-refractivity contribution in [1.29, 1.82) is 0 Å². The lowest BCUT2D eigenvalue weighted by Crippen LogP contribution is -2.17. The summed E-state index contributed by atoms with van der Waals surface area (Å²) in [5, 5.41) is 3.33. The van der Waals surface area contributed by atoms with Crippen LogP contribution in [0, 0.1) is 6.92 Å². The van der Waals surface area contributed by atoms with Gasteiger partial charge in [-0.2, -0.15) is 0 Å². The summed E-state index contributed by atoms with van der Waals surface area (Å²) in [7, 11) is 3.04. The number of carbonyl (C=O) groups excluding carboxylic acids is 2. The van der Waals surface area contributed by atoms with Crippen molar-refractivity contribution in [1.82, 2.24) is 0 Å². The zero-order chi connectivity index (χ0) is 20.1. The number of thiophene rings is 1. The van der Waals surface area contributed by atoms with Crippen LogP contribution in [0.1, 0.15) is 51.9 Å². The Morgan fingerprint density at radius 1 is 1.11 bits per heavy atom. The number of carbonyl (C=O) groups is 2. The average molecular weight is 391 g/mol. The van der Waals surface area contributed by atoms with Crippen LogP contribution in [0.15, 0.2) is 18.2 Å². The molecule has 0 spiro atoms. The van der Waals surface area contributed by atoms with E-state index in [9.17, 15) is 9.59 Å². The number of nitrogens with one attached hydrogen (secondary N) is 1. The van der Waals surface area contributed by atoms with Crippen molar-refractivity contribution in [3.8, 4) is 11.5 Å². The molecule has 0 fully saturated rings. The van der Waals surface area contributed by atoms with E-state index < -0.39 is 5.97 Å². The summed E-state index contributed by atoms with van der Waals surface area (Å²) in [4.78, 5) is 26.3. The largest absolute Gasteiger partial charge is 0.497 e. The van der Waals surface area contributed by atoms with E-state index in [1.807, 2.05) is 13.8 Å². The van der Waals surface area contributed by atoms with Crippen LogP contribution in [0.4, 0.5) is 5.00 Å². The highest BCUT2D eigenvalue weighted by Crippen LogP contribution is 2.35. The van der Waals surface area contributed by atoms with Gasteiger partial charge < -0.3 is 19.5 Å². The molecule has 1 amide bonds. The number of amides is 1. The highest BCUT2D eigenvalue weighted by atomic mass is 32.1. The first-order chi connectivity index (χ1) is 12.8. The number of rotatable bonds is 7. The quantitative estimate of drug-likeness (QED) is 0.706. The van der Waals surface area contributed by atoms with Gasteiger partial charge >= 0.3 is 5.97 Å². The Kier molecular flexibility index (Phi) is 6.85. The van der Waals surface area contributed by atoms with Crippen molar-refractivity contribution in [3.63, 3.8) is 0 Å². The maximum absolute atomic E-state index is 12.8. The molecular formula is C20H25NO5S. The van der Waals surface area contributed by atoms with Gasteiger partial charge in [-0.3, -0.25) is 4.79 Å². The molecule has 146 valence electrons. The third-order valence-electron chi connectivity index (χ3n) is 3.95. The van der Waals surface area contributed by atoms with Crippen LogP contribution < -0.4 is 14.8 Å². The molecule has 0 saturated heterocycles. The molecule has 1 aromatic carbocycles. The van der Waals surface area contributed by atoms with E-state index in [-0.39, 0.29) is 12.0 Å². The molecule has 2 aromatic rings. The molecule has 0 aliphatic carbocycles. The van der Waals surface area contributed by atoms with Crippen molar-refractivity contribution >= 4 is 28.2 Å². The van der Waals surface area contributed by atoms with E-state index in [0.717, 1.165) is 10.4 Å². The Morgan fingerprint density at radius 3 is 2.19 bits per heavy atom. The molecular weight excluding hydrogens is 366 g/mol. The van der Waals surface area contributed by atoms with Gasteiger partial charge in [0.05, 0.1) is 25.9 Å². The maximum Gasteiger partial charge on any atom is 0.341 e. The molecule has 0 bridgehead atoms. The number of esters is 1. The zero-order valence-electron chi connectivity index (χ0n) is 16.5. The third-order valence-corrected chi connectivity index (χ3v) is 5.01. The van der Waals surface area contributed by atoms with Crippen LogP contribution in [-0.4, -0.2) is 32.2 Å². The lowest BCUT2D eigenvalue weighted by atomic mass is 10.1. The summed E-state index contributed by atoms with van der Waals surface area (Å²) in [6.45, 7) is 7.49. The Hall–Kier alpha value is -2.54. The third kappa shape index (κ3) is 4.80. The molecule has 0 atom stereocenters. The predicted octanol–water partition coefficient (Wildman–Crippen LogP) is 4.45. The zero-order valence-corrected chi connectivity index (χ0v) is 17.3. The van der Waals surface area contributed by atoms with Crippen molar-refractivity contribution in [3.05, 3.63) is 39.8 Å². The number of hydrogen-bond acceptors (Lipinski definition) is 6. The fraction of sp³-hybridized carbons (Fsp3) is 0.400. The van der Waals surface area contributed by atoms with E-state index in [1.54, 1.807) is 32.0 Å². The highest BCUT2D eigenvalue weighted by Gasteiger charge is 2.25. The molecule has 2 rings (SSSR count). The lowest BCUT2D eigenvalue weighted by molar-refractivity contribution is 0.0378. The molecule has 0 saturated carbocycles. The minimum atomic E-state index is -0.426. The summed E-state index contributed by atoms with van der Waals surface area (Å²) in [6, 6.07) is 4.92. The Bertz CT molecular complexity index is 819. The monoisotopic (exact) mass is 391 g/mol. The minimum absolute atomic E-state index is 0.242. The van der Waals surface area contributed by atoms with Gasteiger partial charge in [0.1, 0.15) is 16.5 Å². The van der Waals surface area contributed by atoms with Gasteiger partial charge in [0.25, 0.3) is 5.91 Å². The van der Waals surface area contributed by atoms with Gasteiger partial charge in [-0.05, 0) is 44.9 Å². The van der Waals surface area contributed by atoms with Crippen molar-refractivity contribution in [2.24, 2.45) is 0 Å². The van der Waals surface area contributed by atoms with Crippen LogP contribution in [0.5, 0.6) is 11.5 Å². The second-order valence-corrected chi connectivity index (χ2v) is 7.43. The van der Waals surface area contributed by atoms with Crippen LogP contribution in [-0.2, 0) is 11.2 Å². The van der Waals surface area contributed by atoms with Crippen LogP contribution in [0.3, 0.4) is 0 Å². The SMILES string of the molecule is CCc1c(C)sc(NC(=O)c2cc(OC)cc(OC)c2)c1C(=O)OC(C)C. The summed E-state index contributed by atoms with van der Waals surface area (Å²) in [6.07, 6.45) is 0.432. The van der Waals surface area contributed by atoms with Crippen molar-refractivity contribution in [2.75, 3.05) is 19.5 Å². The summed E-state index contributed by atoms with van der Waals surface area (Å²) >= 11 is 1.37. The lowest BCUT2D eigenvalue weighted by Gasteiger charge is -2.12. The number of anilines is 1. The molecule has 0 aliphatic rings. The second-order valence-electron chi connectivity index (χ2n) is 6.20. The number of aryl methyl sites for hydroxylation is 1. The summed E-state index contributed by atoms with van der Waals surface area (Å²) in [5.74, 6) is 0.241. The molecule has 1 N–H and O–H groups in total. The molecule has 0 aliphatic heterocycles. The summed E-state index contributed by atoms with van der Waals surface area (Å²) in [5.41, 5.74) is 1.69. The van der Waals surface area contributed by atoms with E-state index in [2.05, 4.69) is 5.32 Å². The Balaban J connectivity index is 2.39. The fourth-order valence-corrected chi connectivity index (χ4v) is 3.82. The number of methoxy groups -OCH3 is 2. The topological polar surface area (TPSA) is 73.9 Å². The smallest absolute Gasteiger partial charge is 0.341 e. The molecule has 0 unspecified atom stereocenters. The van der Waals surface area contributed by atoms with E-state index in [1.165, 1.54) is 25.6 Å². The maximum atomic E-state index is 12.8. The minimum Gasteiger partial charge on any atom is -0.497 e. The van der Waals surface area contributed by atoms with E-state index >= 15 is 0 Å². The predicted molar refractivity (Wildman–Crippen MR) is 106 cm³/mol. The van der Waals surface area contributed by atoms with Gasteiger partial charge in [0.2, 0.25) is 0 Å². The normalized spacial score (nSPS) is 10.6. The van der Waals surface area contributed by atoms with Gasteiger partial charge in [-0.15, -0.1) is 11.3 Å². The first-order valence-electron chi connectivity index (χ1n) is 8.68. The van der Waals surface area contributed by atoms with E-state index in [0.29, 0.717) is 34.0 Å². The Morgan fingerprint density at radius 2 is 1.70 bits per heavy atom. The molecule has 0 radical (unpaired) electrons. The van der Waals surface area contributed by atoms with E-state index in [4.69, 9.17) is 14.2 Å². The first-order valence-corrected chi connectivity index (χ1v) is 9.49. The van der Waals surface area contributed by atoms with Crippen LogP contribution in [0.25, 0.3) is 0 Å². The number of hydrogen-bond donors (Lipinski definition) is 1. The average Bonchev–Trinajstić information content (AvgIpc) is 2.95. The van der Waals surface area contributed by atoms with Gasteiger partial charge in [-0.1, -0.05) is 6.92 Å². The molecule has 1 heterocycles. The molecule has 7 heteroatoms. The van der Waals surface area contributed by atoms with Gasteiger partial charge in [0, 0.05) is 16.5 Å². The fourth-order valence-electron chi connectivity index (χ4n) is 2.70. The van der Waals surface area contributed by atoms with Crippen molar-refractivity contribution < 1.29 is 23.8 Å². The van der Waals surface area contributed by atoms with Crippen LogP contribution in [0.2, 0.25) is 0 Å². The van der Waals surface area contributed by atoms with Gasteiger partial charge in [-0.25, -0.2) is 4.79 Å². The van der Waals surface area contributed by atoms with Gasteiger partial charge in [0.15, 0.2) is 0 Å². The molecule has 6 nitrogen and oxygen atoms in total. The number of ether oxygens (including phenoxy) is 3. The van der Waals surface area contributed by atoms with Crippen molar-refractivity contribution in [2.45, 2.75) is 40.2 Å². The highest BCUT2D eigenvalue weighted by molar-refractivity contribution is 7.16.